The maximum atomic E-state index is 12.5. The molecule has 1 aromatic heterocycles. The summed E-state index contributed by atoms with van der Waals surface area (Å²) in [6.07, 6.45) is -3.38. The van der Waals surface area contributed by atoms with Crippen molar-refractivity contribution in [2.45, 2.75) is 38.1 Å². The van der Waals surface area contributed by atoms with Crippen LogP contribution in [0, 0.1) is 0 Å². The zero-order valence-corrected chi connectivity index (χ0v) is 14.1. The number of hydrogen-bond acceptors (Lipinski definition) is 5. The highest BCUT2D eigenvalue weighted by molar-refractivity contribution is 7.09. The van der Waals surface area contributed by atoms with E-state index in [0.717, 1.165) is 16.7 Å². The minimum atomic E-state index is -4.44. The van der Waals surface area contributed by atoms with Gasteiger partial charge >= 0.3 is 6.18 Å². The summed E-state index contributed by atoms with van der Waals surface area (Å²) < 4.78 is 42.8. The fourth-order valence-electron chi connectivity index (χ4n) is 2.18. The number of ether oxygens (including phenoxy) is 1. The zero-order chi connectivity index (χ0) is 17.6. The van der Waals surface area contributed by atoms with Gasteiger partial charge in [-0.2, -0.15) is 13.2 Å². The molecule has 1 aliphatic rings. The van der Waals surface area contributed by atoms with E-state index in [0.29, 0.717) is 45.1 Å². The molecule has 24 heavy (non-hydrogen) atoms. The lowest BCUT2D eigenvalue weighted by molar-refractivity contribution is -0.140. The summed E-state index contributed by atoms with van der Waals surface area (Å²) in [5.41, 5.74) is -1.76. The SMILES string of the molecule is CCNC(=NCc1nc(C(F)(F)F)cs1)NCC1(O)CCOCC1. The first-order chi connectivity index (χ1) is 11.3. The van der Waals surface area contributed by atoms with Crippen LogP contribution in [0.3, 0.4) is 0 Å². The number of nitrogens with zero attached hydrogens (tertiary/aromatic N) is 2. The summed E-state index contributed by atoms with van der Waals surface area (Å²) in [6.45, 7) is 3.83. The van der Waals surface area contributed by atoms with Crippen molar-refractivity contribution in [3.63, 3.8) is 0 Å². The number of aliphatic imine (C=N–C) groups is 1. The zero-order valence-electron chi connectivity index (χ0n) is 13.3. The second-order valence-corrected chi connectivity index (χ2v) is 6.45. The van der Waals surface area contributed by atoms with E-state index >= 15 is 0 Å². The maximum Gasteiger partial charge on any atom is 0.434 e. The van der Waals surface area contributed by atoms with E-state index in [4.69, 9.17) is 4.74 Å². The fraction of sp³-hybridized carbons (Fsp3) is 0.714. The third-order valence-electron chi connectivity index (χ3n) is 3.57. The van der Waals surface area contributed by atoms with E-state index in [2.05, 4.69) is 20.6 Å². The normalized spacial score (nSPS) is 18.5. The molecule has 1 fully saturated rings. The van der Waals surface area contributed by atoms with Crippen LogP contribution in [0.1, 0.15) is 30.5 Å². The number of alkyl halides is 3. The maximum absolute atomic E-state index is 12.5. The van der Waals surface area contributed by atoms with Gasteiger partial charge in [-0.1, -0.05) is 0 Å². The minimum absolute atomic E-state index is 0.0393. The number of nitrogens with one attached hydrogen (secondary N) is 2. The van der Waals surface area contributed by atoms with Gasteiger partial charge in [0.25, 0.3) is 0 Å². The summed E-state index contributed by atoms with van der Waals surface area (Å²) in [7, 11) is 0. The first kappa shape index (κ1) is 18.9. The van der Waals surface area contributed by atoms with Crippen LogP contribution in [-0.4, -0.2) is 48.0 Å². The number of hydrogen-bond donors (Lipinski definition) is 3. The molecule has 2 rings (SSSR count). The average Bonchev–Trinajstić information content (AvgIpc) is 3.00. The van der Waals surface area contributed by atoms with Crippen molar-refractivity contribution in [3.8, 4) is 0 Å². The Balaban J connectivity index is 1.93. The molecular formula is C14H21F3N4O2S. The van der Waals surface area contributed by atoms with Crippen molar-refractivity contribution < 1.29 is 23.0 Å². The summed E-state index contributed by atoms with van der Waals surface area (Å²) >= 11 is 0.922. The molecule has 0 amide bonds. The Hall–Kier alpha value is -1.39. The molecule has 0 aromatic carbocycles. The number of rotatable bonds is 5. The number of aliphatic hydroxyl groups is 1. The molecule has 0 saturated carbocycles. The molecule has 6 nitrogen and oxygen atoms in total. The molecule has 10 heteroatoms. The molecule has 1 aromatic rings. The molecule has 0 spiro atoms. The van der Waals surface area contributed by atoms with Crippen molar-refractivity contribution in [1.82, 2.24) is 15.6 Å². The van der Waals surface area contributed by atoms with Crippen LogP contribution in [0.15, 0.2) is 10.4 Å². The van der Waals surface area contributed by atoms with Gasteiger partial charge in [0.05, 0.1) is 12.1 Å². The van der Waals surface area contributed by atoms with E-state index in [1.54, 1.807) is 0 Å². The quantitative estimate of drug-likeness (QED) is 0.547. The highest BCUT2D eigenvalue weighted by atomic mass is 32.1. The molecule has 0 unspecified atom stereocenters. The Morgan fingerprint density at radius 3 is 2.71 bits per heavy atom. The van der Waals surface area contributed by atoms with Gasteiger partial charge in [0, 0.05) is 44.5 Å². The smallest absolute Gasteiger partial charge is 0.388 e. The van der Waals surface area contributed by atoms with Gasteiger partial charge in [-0.3, -0.25) is 0 Å². The second-order valence-electron chi connectivity index (χ2n) is 5.51. The van der Waals surface area contributed by atoms with Gasteiger partial charge in [-0.05, 0) is 6.92 Å². The van der Waals surface area contributed by atoms with Crippen LogP contribution in [0.4, 0.5) is 13.2 Å². The Morgan fingerprint density at radius 1 is 1.42 bits per heavy atom. The van der Waals surface area contributed by atoms with Crippen LogP contribution in [-0.2, 0) is 17.5 Å². The molecule has 0 aliphatic carbocycles. The largest absolute Gasteiger partial charge is 0.434 e. The van der Waals surface area contributed by atoms with Crippen molar-refractivity contribution in [2.75, 3.05) is 26.3 Å². The van der Waals surface area contributed by atoms with Crippen LogP contribution < -0.4 is 10.6 Å². The van der Waals surface area contributed by atoms with Gasteiger partial charge in [0.1, 0.15) is 5.01 Å². The van der Waals surface area contributed by atoms with Crippen molar-refractivity contribution >= 4 is 17.3 Å². The lowest BCUT2D eigenvalue weighted by Crippen LogP contribution is -2.49. The molecule has 1 aliphatic heterocycles. The van der Waals surface area contributed by atoms with Gasteiger partial charge < -0.3 is 20.5 Å². The van der Waals surface area contributed by atoms with Crippen molar-refractivity contribution in [1.29, 1.82) is 0 Å². The monoisotopic (exact) mass is 366 g/mol. The summed E-state index contributed by atoms with van der Waals surface area (Å²) in [4.78, 5) is 7.77. The molecule has 3 N–H and O–H groups in total. The summed E-state index contributed by atoms with van der Waals surface area (Å²) in [6, 6.07) is 0. The van der Waals surface area contributed by atoms with E-state index in [1.165, 1.54) is 0 Å². The first-order valence-electron chi connectivity index (χ1n) is 7.66. The van der Waals surface area contributed by atoms with E-state index in [1.807, 2.05) is 6.92 Å². The van der Waals surface area contributed by atoms with E-state index in [9.17, 15) is 18.3 Å². The molecule has 0 radical (unpaired) electrons. The topological polar surface area (TPSA) is 78.8 Å². The van der Waals surface area contributed by atoms with Crippen molar-refractivity contribution in [3.05, 3.63) is 16.1 Å². The predicted octanol–water partition coefficient (Wildman–Crippen LogP) is 1.76. The molecule has 0 atom stereocenters. The number of halogens is 3. The number of thiazole rings is 1. The summed E-state index contributed by atoms with van der Waals surface area (Å²) in [5.74, 6) is 0.432. The van der Waals surface area contributed by atoms with E-state index < -0.39 is 17.5 Å². The first-order valence-corrected chi connectivity index (χ1v) is 8.54. The fourth-order valence-corrected chi connectivity index (χ4v) is 2.90. The highest BCUT2D eigenvalue weighted by Crippen LogP contribution is 2.30. The van der Waals surface area contributed by atoms with Crippen molar-refractivity contribution in [2.24, 2.45) is 4.99 Å². The Kier molecular flexibility index (Phi) is 6.41. The molecule has 1 saturated heterocycles. The van der Waals surface area contributed by atoms with Crippen LogP contribution >= 0.6 is 11.3 Å². The molecule has 0 bridgehead atoms. The van der Waals surface area contributed by atoms with E-state index in [-0.39, 0.29) is 11.6 Å². The average molecular weight is 366 g/mol. The second kappa shape index (κ2) is 8.13. The van der Waals surface area contributed by atoms with Gasteiger partial charge in [0.2, 0.25) is 0 Å². The Labute approximate surface area is 142 Å². The number of guanidine groups is 1. The Morgan fingerprint density at radius 2 is 2.12 bits per heavy atom. The third kappa shape index (κ3) is 5.60. The third-order valence-corrected chi connectivity index (χ3v) is 4.40. The minimum Gasteiger partial charge on any atom is -0.388 e. The van der Waals surface area contributed by atoms with Crippen LogP contribution in [0.25, 0.3) is 0 Å². The van der Waals surface area contributed by atoms with Gasteiger partial charge in [-0.15, -0.1) is 11.3 Å². The van der Waals surface area contributed by atoms with Crippen LogP contribution in [0.5, 0.6) is 0 Å². The molecule has 2 heterocycles. The predicted molar refractivity (Wildman–Crippen MR) is 84.9 cm³/mol. The highest BCUT2D eigenvalue weighted by Gasteiger charge is 2.33. The number of aromatic nitrogens is 1. The van der Waals surface area contributed by atoms with Gasteiger partial charge in [0.15, 0.2) is 11.7 Å². The molecular weight excluding hydrogens is 345 g/mol. The molecule has 136 valence electrons. The van der Waals surface area contributed by atoms with Gasteiger partial charge in [-0.25, -0.2) is 9.98 Å². The summed E-state index contributed by atoms with van der Waals surface area (Å²) in [5, 5.41) is 17.7. The standard InChI is InChI=1S/C14H21F3N4O2S/c1-2-18-12(20-9-13(22)3-5-23-6-4-13)19-7-11-21-10(8-24-11)14(15,16)17/h8,22H,2-7,9H2,1H3,(H2,18,19,20). The van der Waals surface area contributed by atoms with Crippen LogP contribution in [0.2, 0.25) is 0 Å². The lowest BCUT2D eigenvalue weighted by Gasteiger charge is -2.32. The Bertz CT molecular complexity index is 556. The lowest BCUT2D eigenvalue weighted by atomic mass is 9.94.